The van der Waals surface area contributed by atoms with Gasteiger partial charge in [0, 0.05) is 0 Å². The van der Waals surface area contributed by atoms with E-state index in [9.17, 15) is 0 Å². The molecule has 0 aromatic carbocycles. The van der Waals surface area contributed by atoms with Crippen molar-refractivity contribution in [3.8, 4) is 0 Å². The van der Waals surface area contributed by atoms with Crippen molar-refractivity contribution in [2.75, 3.05) is 0 Å². The van der Waals surface area contributed by atoms with E-state index in [0.717, 1.165) is 0 Å². The third-order valence-electron chi connectivity index (χ3n) is 0. The molecule has 20 valence electrons. The maximum Gasteiger partial charge on any atom is 1.00 e. The van der Waals surface area contributed by atoms with E-state index < -0.39 is 0 Å². The molecule has 0 aromatic heterocycles. The van der Waals surface area contributed by atoms with Gasteiger partial charge in [-0.25, -0.2) is 0 Å². The predicted molar refractivity (Wildman–Crippen MR) is 17.0 cm³/mol. The van der Waals surface area contributed by atoms with Crippen molar-refractivity contribution in [2.45, 2.75) is 5.82 Å². The molecule has 4 heavy (non-hydrogen) atoms. The van der Waals surface area contributed by atoms with Crippen LogP contribution >= 0.6 is 0 Å². The van der Waals surface area contributed by atoms with Crippen molar-refractivity contribution >= 4 is 15.0 Å². The van der Waals surface area contributed by atoms with Crippen molar-refractivity contribution in [3.05, 3.63) is 5.82 Å². The Morgan fingerprint density at radius 1 is 1.75 bits per heavy atom. The summed E-state index contributed by atoms with van der Waals surface area (Å²) < 4.78 is 0. The molecule has 0 aliphatic rings. The van der Waals surface area contributed by atoms with Gasteiger partial charge in [-0.05, 0) is 0 Å². The second-order valence-electron chi connectivity index (χ2n) is 0.289. The molecular weight excluding hydrogens is 110 g/mol. The topological polar surface area (TPSA) is 0 Å². The number of rotatable bonds is 0. The van der Waals surface area contributed by atoms with Gasteiger partial charge in [-0.15, -0.1) is 0 Å². The molecule has 0 N–H and O–H groups in total. The van der Waals surface area contributed by atoms with Crippen LogP contribution in [0.15, 0.2) is 0 Å². The SMILES string of the molecule is [CH2-][Se]C.[Li+]. The zero-order chi connectivity index (χ0) is 2.71. The first-order valence-corrected chi connectivity index (χ1v) is 3.62. The van der Waals surface area contributed by atoms with E-state index in [1.165, 1.54) is 0 Å². The van der Waals surface area contributed by atoms with E-state index in [-0.39, 0.29) is 18.9 Å². The summed E-state index contributed by atoms with van der Waals surface area (Å²) in [6, 6.07) is 0. The third-order valence-corrected chi connectivity index (χ3v) is 0. The minimum Gasteiger partial charge on any atom is 1.00 e. The summed E-state index contributed by atoms with van der Waals surface area (Å²) >= 11 is 0.625. The van der Waals surface area contributed by atoms with Gasteiger partial charge in [0.2, 0.25) is 0 Å². The fourth-order valence-electron chi connectivity index (χ4n) is 0. The molecule has 0 unspecified atom stereocenters. The summed E-state index contributed by atoms with van der Waals surface area (Å²) in [4.78, 5) is 0. The molecule has 0 aliphatic heterocycles. The Morgan fingerprint density at radius 2 is 1.75 bits per heavy atom. The van der Waals surface area contributed by atoms with Crippen LogP contribution < -0.4 is 18.9 Å². The molecule has 0 saturated carbocycles. The standard InChI is InChI=1S/C2H5Se.Li/c1-3-2;/h1H2,2H3;/q-1;+1. The van der Waals surface area contributed by atoms with E-state index in [0.29, 0.717) is 15.0 Å². The summed E-state index contributed by atoms with van der Waals surface area (Å²) in [7, 11) is 0. The Kier molecular flexibility index (Phi) is 19.9. The molecule has 0 rings (SSSR count). The molecule has 0 spiro atoms. The molecule has 0 heterocycles. The predicted octanol–water partition coefficient (Wildman–Crippen LogP) is -2.47. The summed E-state index contributed by atoms with van der Waals surface area (Å²) in [6.45, 7) is 0. The van der Waals surface area contributed by atoms with Gasteiger partial charge in [0.1, 0.15) is 0 Å². The van der Waals surface area contributed by atoms with Crippen LogP contribution in [0.4, 0.5) is 0 Å². The second-order valence-corrected chi connectivity index (χ2v) is 1.50. The maximum atomic E-state index is 3.55. The molecule has 0 atom stereocenters. The van der Waals surface area contributed by atoms with Gasteiger partial charge in [0.05, 0.1) is 0 Å². The molecule has 0 fully saturated rings. The van der Waals surface area contributed by atoms with Crippen LogP contribution in [-0.2, 0) is 0 Å². The summed E-state index contributed by atoms with van der Waals surface area (Å²) in [5, 5.41) is 0. The molecule has 0 aromatic rings. The Morgan fingerprint density at radius 3 is 1.75 bits per heavy atom. The Bertz CT molecular complexity index is 6.00. The van der Waals surface area contributed by atoms with Crippen LogP contribution in [0.25, 0.3) is 0 Å². The van der Waals surface area contributed by atoms with Gasteiger partial charge in [-0.2, -0.15) is 0 Å². The summed E-state index contributed by atoms with van der Waals surface area (Å²) in [5.74, 6) is 5.62. The van der Waals surface area contributed by atoms with Crippen molar-refractivity contribution in [3.63, 3.8) is 0 Å². The van der Waals surface area contributed by atoms with Crippen LogP contribution in [0.1, 0.15) is 0 Å². The molecule has 0 bridgehead atoms. The first-order valence-electron chi connectivity index (χ1n) is 0.697. The minimum absolute atomic E-state index is 0. The van der Waals surface area contributed by atoms with Gasteiger partial charge in [0.25, 0.3) is 0 Å². The van der Waals surface area contributed by atoms with Crippen LogP contribution in [-0.4, -0.2) is 15.0 Å². The zero-order valence-corrected chi connectivity index (χ0v) is 4.83. The van der Waals surface area contributed by atoms with Gasteiger partial charge < -0.3 is 0 Å². The fraction of sp³-hybridized carbons (Fsp3) is 0.500. The zero-order valence-electron chi connectivity index (χ0n) is 3.12. The average molecular weight is 115 g/mol. The first kappa shape index (κ1) is 8.93. The van der Waals surface area contributed by atoms with Crippen LogP contribution in [0, 0.1) is 5.82 Å². The number of hydrogen-bond donors (Lipinski definition) is 0. The van der Waals surface area contributed by atoms with Gasteiger partial charge >= 0.3 is 45.5 Å². The quantitative estimate of drug-likeness (QED) is 0.242. The minimum atomic E-state index is 0. The van der Waals surface area contributed by atoms with Crippen molar-refractivity contribution in [1.82, 2.24) is 0 Å². The molecule has 0 radical (unpaired) electrons. The van der Waals surface area contributed by atoms with Crippen molar-refractivity contribution < 1.29 is 18.9 Å². The van der Waals surface area contributed by atoms with Crippen LogP contribution in [0.3, 0.4) is 0 Å². The molecule has 0 saturated heterocycles. The second kappa shape index (κ2) is 8.93. The average Bonchev–Trinajstić information content (AvgIpc) is 0.918. The van der Waals surface area contributed by atoms with Crippen molar-refractivity contribution in [2.24, 2.45) is 0 Å². The molecule has 0 amide bonds. The molecular formula is C2H5LiSe. The fourth-order valence-corrected chi connectivity index (χ4v) is 0. The summed E-state index contributed by atoms with van der Waals surface area (Å²) in [5.41, 5.74) is 0. The molecule has 0 aliphatic carbocycles. The van der Waals surface area contributed by atoms with E-state index in [1.807, 2.05) is 0 Å². The van der Waals surface area contributed by atoms with Gasteiger partial charge in [-0.1, -0.05) is 0 Å². The summed E-state index contributed by atoms with van der Waals surface area (Å²) in [6.07, 6.45) is 0. The smallest absolute Gasteiger partial charge is 1.00 e. The van der Waals surface area contributed by atoms with Crippen LogP contribution in [0.5, 0.6) is 0 Å². The maximum absolute atomic E-state index is 3.55. The molecule has 0 nitrogen and oxygen atoms in total. The van der Waals surface area contributed by atoms with Gasteiger partial charge in [-0.3, -0.25) is 0 Å². The van der Waals surface area contributed by atoms with E-state index >= 15 is 0 Å². The third kappa shape index (κ3) is 11.2. The monoisotopic (exact) mass is 116 g/mol. The number of hydrogen-bond acceptors (Lipinski definition) is 0. The van der Waals surface area contributed by atoms with Crippen LogP contribution in [0.2, 0.25) is 5.82 Å². The van der Waals surface area contributed by atoms with E-state index in [1.54, 1.807) is 0 Å². The Labute approximate surface area is 45.7 Å². The van der Waals surface area contributed by atoms with E-state index in [4.69, 9.17) is 0 Å². The molecule has 2 heteroatoms. The van der Waals surface area contributed by atoms with Crippen molar-refractivity contribution in [1.29, 1.82) is 0 Å². The Hall–Kier alpha value is 1.12. The first-order chi connectivity index (χ1) is 1.41. The van der Waals surface area contributed by atoms with E-state index in [2.05, 4.69) is 11.6 Å². The normalized spacial score (nSPS) is 4.50. The Balaban J connectivity index is 0. The largest absolute Gasteiger partial charge is 1.00 e. The van der Waals surface area contributed by atoms with Gasteiger partial charge in [0.15, 0.2) is 0 Å².